The molecule has 1 unspecified atom stereocenters. The Kier molecular flexibility index (Phi) is 2.74. The van der Waals surface area contributed by atoms with Crippen LogP contribution >= 0.6 is 0 Å². The van der Waals surface area contributed by atoms with E-state index >= 15 is 0 Å². The Bertz CT molecular complexity index is 220. The van der Waals surface area contributed by atoms with Crippen molar-refractivity contribution in [2.45, 2.75) is 19.3 Å². The van der Waals surface area contributed by atoms with Crippen molar-refractivity contribution in [1.29, 1.82) is 0 Å². The summed E-state index contributed by atoms with van der Waals surface area (Å²) in [6.07, 6.45) is 3.04. The van der Waals surface area contributed by atoms with Gasteiger partial charge < -0.3 is 15.7 Å². The van der Waals surface area contributed by atoms with Crippen molar-refractivity contribution in [1.82, 2.24) is 10.6 Å². The second-order valence-corrected chi connectivity index (χ2v) is 4.57. The summed E-state index contributed by atoms with van der Waals surface area (Å²) in [6.45, 7) is 2.61. The smallest absolute Gasteiger partial charge is 0.224 e. The van der Waals surface area contributed by atoms with Gasteiger partial charge in [0, 0.05) is 18.5 Å². The number of nitrogens with one attached hydrogen (secondary N) is 2. The predicted molar refractivity (Wildman–Crippen MR) is 52.7 cm³/mol. The zero-order chi connectivity index (χ0) is 10.0. The molecule has 0 bridgehead atoms. The molecule has 0 radical (unpaired) electrons. The predicted octanol–water partition coefficient (Wildman–Crippen LogP) is -0.515. The first-order valence-electron chi connectivity index (χ1n) is 5.35. The van der Waals surface area contributed by atoms with E-state index in [4.69, 9.17) is 5.11 Å². The summed E-state index contributed by atoms with van der Waals surface area (Å²) in [7, 11) is 0. The van der Waals surface area contributed by atoms with Crippen molar-refractivity contribution in [2.75, 3.05) is 26.2 Å². The maximum atomic E-state index is 11.6. The van der Waals surface area contributed by atoms with Gasteiger partial charge >= 0.3 is 0 Å². The molecule has 1 heterocycles. The van der Waals surface area contributed by atoms with E-state index in [0.29, 0.717) is 6.54 Å². The number of hydrogen-bond acceptors (Lipinski definition) is 3. The Morgan fingerprint density at radius 1 is 1.57 bits per heavy atom. The van der Waals surface area contributed by atoms with E-state index in [9.17, 15) is 4.79 Å². The first kappa shape index (κ1) is 9.93. The third-order valence-electron chi connectivity index (χ3n) is 3.36. The Morgan fingerprint density at radius 2 is 2.36 bits per heavy atom. The first-order chi connectivity index (χ1) is 6.76. The number of rotatable bonds is 4. The molecule has 4 heteroatoms. The molecule has 1 amide bonds. The molecule has 0 aromatic heterocycles. The minimum atomic E-state index is 0.0295. The molecule has 3 N–H and O–H groups in total. The number of carbonyl (C=O) groups is 1. The van der Waals surface area contributed by atoms with Gasteiger partial charge in [0.1, 0.15) is 0 Å². The summed E-state index contributed by atoms with van der Waals surface area (Å²) >= 11 is 0. The molecule has 2 fully saturated rings. The highest BCUT2D eigenvalue weighted by Gasteiger charge is 2.42. The van der Waals surface area contributed by atoms with Crippen LogP contribution < -0.4 is 10.6 Å². The molecule has 14 heavy (non-hydrogen) atoms. The normalized spacial score (nSPS) is 28.8. The van der Waals surface area contributed by atoms with Crippen molar-refractivity contribution in [2.24, 2.45) is 11.3 Å². The first-order valence-corrected chi connectivity index (χ1v) is 5.35. The average molecular weight is 198 g/mol. The highest BCUT2D eigenvalue weighted by molar-refractivity contribution is 5.79. The highest BCUT2D eigenvalue weighted by atomic mass is 16.3. The van der Waals surface area contributed by atoms with Gasteiger partial charge in [-0.05, 0) is 25.8 Å². The fourth-order valence-electron chi connectivity index (χ4n) is 1.86. The van der Waals surface area contributed by atoms with Gasteiger partial charge in [0.15, 0.2) is 0 Å². The monoisotopic (exact) mass is 198 g/mol. The molecule has 2 rings (SSSR count). The number of aliphatic hydroxyl groups is 1. The quantitative estimate of drug-likeness (QED) is 0.570. The lowest BCUT2D eigenvalue weighted by atomic mass is 10.1. The van der Waals surface area contributed by atoms with Gasteiger partial charge in [-0.1, -0.05) is 0 Å². The van der Waals surface area contributed by atoms with E-state index in [1.807, 2.05) is 0 Å². The zero-order valence-corrected chi connectivity index (χ0v) is 8.38. The number of aliphatic hydroxyl groups excluding tert-OH is 1. The standard InChI is InChI=1S/C10H18N2O2/c13-7-10(2-3-10)6-12-9(14)8-1-4-11-5-8/h8,11,13H,1-7H2,(H,12,14). The molecule has 1 saturated carbocycles. The van der Waals surface area contributed by atoms with Gasteiger partial charge in [0.05, 0.1) is 12.5 Å². The largest absolute Gasteiger partial charge is 0.396 e. The van der Waals surface area contributed by atoms with Crippen molar-refractivity contribution in [3.63, 3.8) is 0 Å². The minimum absolute atomic E-state index is 0.0295. The maximum Gasteiger partial charge on any atom is 0.224 e. The molecule has 1 saturated heterocycles. The molecule has 0 aromatic carbocycles. The lowest BCUT2D eigenvalue weighted by molar-refractivity contribution is -0.124. The summed E-state index contributed by atoms with van der Waals surface area (Å²) < 4.78 is 0. The van der Waals surface area contributed by atoms with Crippen molar-refractivity contribution < 1.29 is 9.90 Å². The summed E-state index contributed by atoms with van der Waals surface area (Å²) in [6, 6.07) is 0. The fraction of sp³-hybridized carbons (Fsp3) is 0.900. The molecule has 1 aliphatic carbocycles. The molecule has 1 aliphatic heterocycles. The van der Waals surface area contributed by atoms with Crippen LogP contribution in [0.4, 0.5) is 0 Å². The number of hydrogen-bond donors (Lipinski definition) is 3. The molecule has 2 aliphatic rings. The molecule has 80 valence electrons. The van der Waals surface area contributed by atoms with Gasteiger partial charge in [-0.15, -0.1) is 0 Å². The van der Waals surface area contributed by atoms with Crippen LogP contribution in [0.15, 0.2) is 0 Å². The van der Waals surface area contributed by atoms with Crippen LogP contribution in [-0.4, -0.2) is 37.3 Å². The van der Waals surface area contributed by atoms with Crippen LogP contribution in [0.3, 0.4) is 0 Å². The Hall–Kier alpha value is -0.610. The van der Waals surface area contributed by atoms with Crippen molar-refractivity contribution in [3.05, 3.63) is 0 Å². The van der Waals surface area contributed by atoms with Gasteiger partial charge in [-0.2, -0.15) is 0 Å². The summed E-state index contributed by atoms with van der Waals surface area (Å²) in [5.74, 6) is 0.291. The molecule has 0 spiro atoms. The number of carbonyl (C=O) groups excluding carboxylic acids is 1. The Labute approximate surface area is 84.1 Å². The maximum absolute atomic E-state index is 11.6. The van der Waals surface area contributed by atoms with Gasteiger partial charge in [0.25, 0.3) is 0 Å². The van der Waals surface area contributed by atoms with E-state index < -0.39 is 0 Å². The van der Waals surface area contributed by atoms with E-state index in [2.05, 4.69) is 10.6 Å². The van der Waals surface area contributed by atoms with Crippen molar-refractivity contribution >= 4 is 5.91 Å². The molecule has 4 nitrogen and oxygen atoms in total. The topological polar surface area (TPSA) is 61.4 Å². The number of amides is 1. The van der Waals surface area contributed by atoms with Crippen LogP contribution in [0.1, 0.15) is 19.3 Å². The Morgan fingerprint density at radius 3 is 2.86 bits per heavy atom. The second-order valence-electron chi connectivity index (χ2n) is 4.57. The summed E-state index contributed by atoms with van der Waals surface area (Å²) in [4.78, 5) is 11.6. The molecular formula is C10H18N2O2. The van der Waals surface area contributed by atoms with E-state index in [1.54, 1.807) is 0 Å². The van der Waals surface area contributed by atoms with E-state index in [-0.39, 0.29) is 23.8 Å². The van der Waals surface area contributed by atoms with Crippen molar-refractivity contribution in [3.8, 4) is 0 Å². The minimum Gasteiger partial charge on any atom is -0.396 e. The van der Waals surface area contributed by atoms with Crippen LogP contribution in [0, 0.1) is 11.3 Å². The van der Waals surface area contributed by atoms with Gasteiger partial charge in [-0.3, -0.25) is 4.79 Å². The molecule has 0 aromatic rings. The van der Waals surface area contributed by atoms with Crippen LogP contribution in [-0.2, 0) is 4.79 Å². The molecular weight excluding hydrogens is 180 g/mol. The highest BCUT2D eigenvalue weighted by Crippen LogP contribution is 2.44. The van der Waals surface area contributed by atoms with Gasteiger partial charge in [-0.25, -0.2) is 0 Å². The third-order valence-corrected chi connectivity index (χ3v) is 3.36. The van der Waals surface area contributed by atoms with Crippen LogP contribution in [0.5, 0.6) is 0 Å². The van der Waals surface area contributed by atoms with E-state index in [0.717, 1.165) is 32.4 Å². The lowest BCUT2D eigenvalue weighted by Gasteiger charge is -2.15. The Balaban J connectivity index is 1.72. The zero-order valence-electron chi connectivity index (χ0n) is 8.38. The summed E-state index contributed by atoms with van der Waals surface area (Å²) in [5, 5.41) is 15.2. The summed E-state index contributed by atoms with van der Waals surface area (Å²) in [5.41, 5.74) is 0.0295. The van der Waals surface area contributed by atoms with Crippen LogP contribution in [0.25, 0.3) is 0 Å². The SMILES string of the molecule is O=C(NCC1(CO)CC1)C1CCNC1. The fourth-order valence-corrected chi connectivity index (χ4v) is 1.86. The lowest BCUT2D eigenvalue weighted by Crippen LogP contribution is -2.36. The second kappa shape index (κ2) is 3.87. The van der Waals surface area contributed by atoms with Gasteiger partial charge in [0.2, 0.25) is 5.91 Å². The third kappa shape index (κ3) is 2.07. The van der Waals surface area contributed by atoms with E-state index in [1.165, 1.54) is 0 Å². The average Bonchev–Trinajstić information content (AvgIpc) is 2.78. The molecule has 1 atom stereocenters. The van der Waals surface area contributed by atoms with Crippen LogP contribution in [0.2, 0.25) is 0 Å².